The van der Waals surface area contributed by atoms with Crippen LogP contribution in [0.3, 0.4) is 0 Å². The molecule has 0 aliphatic carbocycles. The quantitative estimate of drug-likeness (QED) is 0.496. The number of ether oxygens (including phenoxy) is 1. The zero-order valence-electron chi connectivity index (χ0n) is 17.0. The standard InChI is InChI=1S/C23H24N2O3S2/c1-16(2)19-11-7-8-12-20(19)24-23(29)25-21-15-18(13-14-22(21)28-3)30(26,27)17-9-5-4-6-10-17/h4-16H,1-3H3,(H2,24,25,29). The molecule has 0 radical (unpaired) electrons. The van der Waals surface area contributed by atoms with Gasteiger partial charge in [0.2, 0.25) is 9.84 Å². The Morgan fingerprint density at radius 2 is 1.50 bits per heavy atom. The van der Waals surface area contributed by atoms with Crippen molar-refractivity contribution in [2.24, 2.45) is 0 Å². The number of para-hydroxylation sites is 1. The van der Waals surface area contributed by atoms with E-state index in [4.69, 9.17) is 17.0 Å². The van der Waals surface area contributed by atoms with Crippen molar-refractivity contribution >= 4 is 38.5 Å². The van der Waals surface area contributed by atoms with Gasteiger partial charge in [0, 0.05) is 5.69 Å². The maximum Gasteiger partial charge on any atom is 0.206 e. The van der Waals surface area contributed by atoms with Gasteiger partial charge in [0.25, 0.3) is 0 Å². The lowest BCUT2D eigenvalue weighted by molar-refractivity contribution is 0.416. The smallest absolute Gasteiger partial charge is 0.206 e. The lowest BCUT2D eigenvalue weighted by atomic mass is 10.0. The molecule has 3 aromatic rings. The molecule has 2 N–H and O–H groups in total. The normalized spacial score (nSPS) is 11.2. The van der Waals surface area contributed by atoms with E-state index in [-0.39, 0.29) is 9.79 Å². The van der Waals surface area contributed by atoms with Gasteiger partial charge in [-0.1, -0.05) is 50.2 Å². The zero-order valence-corrected chi connectivity index (χ0v) is 18.7. The summed E-state index contributed by atoms with van der Waals surface area (Å²) in [6.07, 6.45) is 0. The van der Waals surface area contributed by atoms with E-state index in [0.29, 0.717) is 22.5 Å². The van der Waals surface area contributed by atoms with Gasteiger partial charge >= 0.3 is 0 Å². The van der Waals surface area contributed by atoms with E-state index in [2.05, 4.69) is 24.5 Å². The average molecular weight is 441 g/mol. The largest absolute Gasteiger partial charge is 0.495 e. The summed E-state index contributed by atoms with van der Waals surface area (Å²) >= 11 is 5.47. The minimum atomic E-state index is -3.66. The van der Waals surface area contributed by atoms with Crippen molar-refractivity contribution < 1.29 is 13.2 Å². The number of methoxy groups -OCH3 is 1. The molecule has 156 valence electrons. The molecule has 0 unspecified atom stereocenters. The molecule has 5 nitrogen and oxygen atoms in total. The Hall–Kier alpha value is -2.90. The molecular formula is C23H24N2O3S2. The van der Waals surface area contributed by atoms with Crippen LogP contribution in [0.15, 0.2) is 82.6 Å². The average Bonchev–Trinajstić information content (AvgIpc) is 2.74. The zero-order chi connectivity index (χ0) is 21.7. The minimum absolute atomic E-state index is 0.155. The van der Waals surface area contributed by atoms with Crippen LogP contribution in [-0.4, -0.2) is 20.6 Å². The maximum atomic E-state index is 13.0. The molecule has 0 saturated carbocycles. The third-order valence-electron chi connectivity index (χ3n) is 4.61. The first kappa shape index (κ1) is 21.8. The van der Waals surface area contributed by atoms with Crippen LogP contribution >= 0.6 is 12.2 Å². The van der Waals surface area contributed by atoms with Crippen LogP contribution in [-0.2, 0) is 9.84 Å². The number of thiocarbonyl (C=S) groups is 1. The van der Waals surface area contributed by atoms with Gasteiger partial charge in [-0.15, -0.1) is 0 Å². The predicted octanol–water partition coefficient (Wildman–Crippen LogP) is 5.46. The molecule has 0 aliphatic rings. The number of hydrogen-bond donors (Lipinski definition) is 2. The Labute approximate surface area is 183 Å². The maximum absolute atomic E-state index is 13.0. The Bertz CT molecular complexity index is 1140. The molecule has 0 bridgehead atoms. The van der Waals surface area contributed by atoms with Crippen molar-refractivity contribution in [2.45, 2.75) is 29.6 Å². The van der Waals surface area contributed by atoms with Crippen molar-refractivity contribution in [1.82, 2.24) is 0 Å². The molecule has 0 amide bonds. The Morgan fingerprint density at radius 3 is 2.17 bits per heavy atom. The van der Waals surface area contributed by atoms with Crippen LogP contribution in [0.4, 0.5) is 11.4 Å². The molecular weight excluding hydrogens is 416 g/mol. The molecule has 0 heterocycles. The second kappa shape index (κ2) is 9.28. The second-order valence-corrected chi connectivity index (χ2v) is 9.36. The van der Waals surface area contributed by atoms with Crippen molar-refractivity contribution in [3.8, 4) is 5.75 Å². The summed E-state index contributed by atoms with van der Waals surface area (Å²) in [7, 11) is -2.13. The van der Waals surface area contributed by atoms with E-state index in [1.54, 1.807) is 36.4 Å². The van der Waals surface area contributed by atoms with Gasteiger partial charge in [-0.3, -0.25) is 0 Å². The highest BCUT2D eigenvalue weighted by atomic mass is 32.2. The summed E-state index contributed by atoms with van der Waals surface area (Å²) in [6.45, 7) is 4.22. The summed E-state index contributed by atoms with van der Waals surface area (Å²) in [4.78, 5) is 0.384. The Morgan fingerprint density at radius 1 is 0.867 bits per heavy atom. The topological polar surface area (TPSA) is 67.4 Å². The molecule has 3 rings (SSSR count). The van der Waals surface area contributed by atoms with Gasteiger partial charge in [-0.2, -0.15) is 0 Å². The second-order valence-electron chi connectivity index (χ2n) is 7.00. The van der Waals surface area contributed by atoms with E-state index >= 15 is 0 Å². The number of rotatable bonds is 6. The molecule has 0 spiro atoms. The van der Waals surface area contributed by atoms with Crippen LogP contribution in [0.25, 0.3) is 0 Å². The molecule has 0 saturated heterocycles. The lowest BCUT2D eigenvalue weighted by Crippen LogP contribution is -2.20. The van der Waals surface area contributed by atoms with Gasteiger partial charge in [0.05, 0.1) is 22.6 Å². The number of nitrogens with one attached hydrogen (secondary N) is 2. The first-order valence-electron chi connectivity index (χ1n) is 9.48. The third kappa shape index (κ3) is 4.80. The SMILES string of the molecule is COc1ccc(S(=O)(=O)c2ccccc2)cc1NC(=S)Nc1ccccc1C(C)C. The van der Waals surface area contributed by atoms with Crippen molar-refractivity contribution in [3.63, 3.8) is 0 Å². The molecule has 7 heteroatoms. The lowest BCUT2D eigenvalue weighted by Gasteiger charge is -2.18. The van der Waals surface area contributed by atoms with Gasteiger partial charge in [-0.25, -0.2) is 8.42 Å². The van der Waals surface area contributed by atoms with E-state index in [0.717, 1.165) is 11.3 Å². The fourth-order valence-electron chi connectivity index (χ4n) is 3.08. The van der Waals surface area contributed by atoms with E-state index in [1.165, 1.54) is 19.2 Å². The summed E-state index contributed by atoms with van der Waals surface area (Å²) in [5, 5.41) is 6.61. The summed E-state index contributed by atoms with van der Waals surface area (Å²) in [6, 6.07) is 20.9. The predicted molar refractivity (Wildman–Crippen MR) is 125 cm³/mol. The van der Waals surface area contributed by atoms with Crippen molar-refractivity contribution in [1.29, 1.82) is 0 Å². The van der Waals surface area contributed by atoms with E-state index < -0.39 is 9.84 Å². The highest BCUT2D eigenvalue weighted by Gasteiger charge is 2.19. The summed E-state index contributed by atoms with van der Waals surface area (Å²) in [5.41, 5.74) is 2.50. The van der Waals surface area contributed by atoms with Crippen LogP contribution in [0.5, 0.6) is 5.75 Å². The van der Waals surface area contributed by atoms with E-state index in [9.17, 15) is 8.42 Å². The van der Waals surface area contributed by atoms with Gasteiger partial charge < -0.3 is 15.4 Å². The number of benzene rings is 3. The van der Waals surface area contributed by atoms with Crippen LogP contribution in [0.1, 0.15) is 25.3 Å². The molecule has 0 atom stereocenters. The Balaban J connectivity index is 1.89. The fourth-order valence-corrected chi connectivity index (χ4v) is 4.61. The van der Waals surface area contributed by atoms with Crippen molar-refractivity contribution in [2.75, 3.05) is 17.7 Å². The van der Waals surface area contributed by atoms with Gasteiger partial charge in [-0.05, 0) is 60.1 Å². The molecule has 0 aromatic heterocycles. The number of anilines is 2. The monoisotopic (exact) mass is 440 g/mol. The van der Waals surface area contributed by atoms with Crippen molar-refractivity contribution in [3.05, 3.63) is 78.4 Å². The van der Waals surface area contributed by atoms with Gasteiger partial charge in [0.1, 0.15) is 5.75 Å². The molecule has 0 aliphatic heterocycles. The molecule has 0 fully saturated rings. The molecule has 3 aromatic carbocycles. The van der Waals surface area contributed by atoms with Crippen LogP contribution in [0.2, 0.25) is 0 Å². The highest BCUT2D eigenvalue weighted by Crippen LogP contribution is 2.31. The number of sulfone groups is 1. The third-order valence-corrected chi connectivity index (χ3v) is 6.59. The van der Waals surface area contributed by atoms with Crippen LogP contribution in [0, 0.1) is 0 Å². The van der Waals surface area contributed by atoms with E-state index in [1.807, 2.05) is 24.3 Å². The first-order chi connectivity index (χ1) is 14.3. The summed E-state index contributed by atoms with van der Waals surface area (Å²) in [5.74, 6) is 0.814. The fraction of sp³-hybridized carbons (Fsp3) is 0.174. The molecule has 30 heavy (non-hydrogen) atoms. The summed E-state index contributed by atoms with van der Waals surface area (Å²) < 4.78 is 31.3. The first-order valence-corrected chi connectivity index (χ1v) is 11.4. The van der Waals surface area contributed by atoms with Crippen LogP contribution < -0.4 is 15.4 Å². The highest BCUT2D eigenvalue weighted by molar-refractivity contribution is 7.91. The minimum Gasteiger partial charge on any atom is -0.495 e. The number of hydrogen-bond acceptors (Lipinski definition) is 4. The Kier molecular flexibility index (Phi) is 6.74. The van der Waals surface area contributed by atoms with Gasteiger partial charge in [0.15, 0.2) is 5.11 Å².